The van der Waals surface area contributed by atoms with Crippen molar-refractivity contribution in [1.29, 1.82) is 0 Å². The van der Waals surface area contributed by atoms with Gasteiger partial charge in [0.25, 0.3) is 0 Å². The van der Waals surface area contributed by atoms with Gasteiger partial charge in [0.15, 0.2) is 0 Å². The molecule has 0 atom stereocenters. The van der Waals surface area contributed by atoms with Gasteiger partial charge in [-0.2, -0.15) is 0 Å². The Balaban J connectivity index is 2.74. The predicted molar refractivity (Wildman–Crippen MR) is 42.5 cm³/mol. The average Bonchev–Trinajstić information content (AvgIpc) is 2.34. The van der Waals surface area contributed by atoms with E-state index in [0.29, 0.717) is 26.3 Å². The van der Waals surface area contributed by atoms with Gasteiger partial charge < -0.3 is 0 Å². The topological polar surface area (TPSA) is 0 Å². The summed E-state index contributed by atoms with van der Waals surface area (Å²) in [6.07, 6.45) is 0. The van der Waals surface area contributed by atoms with Gasteiger partial charge in [0.1, 0.15) is 0 Å². The Bertz CT molecular complexity index is 164. The summed E-state index contributed by atoms with van der Waals surface area (Å²) in [6.45, 7) is 0. The molecule has 0 aliphatic heterocycles. The third-order valence-corrected chi connectivity index (χ3v) is 4.55. The molecule has 0 saturated carbocycles. The van der Waals surface area contributed by atoms with Gasteiger partial charge >= 0.3 is 70.5 Å². The molecule has 0 N–H and O–H groups in total. The number of hydrogen-bond donors (Lipinski definition) is 0. The van der Waals surface area contributed by atoms with Gasteiger partial charge in [-0.3, -0.25) is 0 Å². The van der Waals surface area contributed by atoms with Crippen LogP contribution in [0, 0.1) is 0 Å². The van der Waals surface area contributed by atoms with Crippen LogP contribution in [0.3, 0.4) is 0 Å². The summed E-state index contributed by atoms with van der Waals surface area (Å²) in [5.74, 6) is 1.33. The number of halogens is 2. The first-order valence-corrected chi connectivity index (χ1v) is 5.34. The summed E-state index contributed by atoms with van der Waals surface area (Å²) in [7, 11) is 0. The Morgan fingerprint density at radius 2 is 1.56 bits per heavy atom. The van der Waals surface area contributed by atoms with Crippen molar-refractivity contribution < 1.29 is 0 Å². The summed E-state index contributed by atoms with van der Waals surface area (Å²) >= 11 is 11.7. The molecular formula is C6H6Cl2Se. The van der Waals surface area contributed by atoms with Crippen LogP contribution < -0.4 is 0 Å². The van der Waals surface area contributed by atoms with E-state index in [-0.39, 0.29) is 0 Å². The predicted octanol–water partition coefficient (Wildman–Crippen LogP) is 2.22. The minimum atomic E-state index is 0.462. The molecule has 0 spiro atoms. The van der Waals surface area contributed by atoms with Crippen LogP contribution in [0.4, 0.5) is 0 Å². The maximum absolute atomic E-state index is 5.60. The molecule has 0 bridgehead atoms. The standard InChI is InChI=1S/C6H6Cl2Se/c7-3-5-1-2-6(4-8)9-5/h1-2H,3-4H2. The van der Waals surface area contributed by atoms with E-state index in [2.05, 4.69) is 12.1 Å². The molecule has 0 aromatic carbocycles. The molecule has 1 rings (SSSR count). The molecule has 1 aromatic rings. The van der Waals surface area contributed by atoms with E-state index in [1.54, 1.807) is 0 Å². The van der Waals surface area contributed by atoms with Gasteiger partial charge in [-0.15, -0.1) is 0 Å². The van der Waals surface area contributed by atoms with Gasteiger partial charge in [0, 0.05) is 0 Å². The summed E-state index contributed by atoms with van der Waals surface area (Å²) < 4.78 is 2.67. The quantitative estimate of drug-likeness (QED) is 0.537. The van der Waals surface area contributed by atoms with Gasteiger partial charge in [0.2, 0.25) is 0 Å². The summed E-state index contributed by atoms with van der Waals surface area (Å²) in [5, 5.41) is 0. The Morgan fingerprint density at radius 1 is 1.11 bits per heavy atom. The Labute approximate surface area is 70.5 Å². The van der Waals surface area contributed by atoms with Crippen molar-refractivity contribution >= 4 is 37.7 Å². The fraction of sp³-hybridized carbons (Fsp3) is 0.333. The van der Waals surface area contributed by atoms with Crippen LogP contribution in [-0.4, -0.2) is 14.5 Å². The van der Waals surface area contributed by atoms with Crippen LogP contribution in [0.2, 0.25) is 0 Å². The molecule has 0 aliphatic rings. The van der Waals surface area contributed by atoms with E-state index in [1.807, 2.05) is 0 Å². The molecule has 0 nitrogen and oxygen atoms in total. The van der Waals surface area contributed by atoms with Gasteiger partial charge in [0.05, 0.1) is 0 Å². The number of alkyl halides is 2. The van der Waals surface area contributed by atoms with Crippen LogP contribution in [0.5, 0.6) is 0 Å². The second kappa shape index (κ2) is 3.68. The number of hydrogen-bond acceptors (Lipinski definition) is 0. The third-order valence-electron chi connectivity index (χ3n) is 0.981. The first-order valence-electron chi connectivity index (χ1n) is 2.56. The molecule has 50 valence electrons. The second-order valence-electron chi connectivity index (χ2n) is 1.64. The van der Waals surface area contributed by atoms with E-state index in [9.17, 15) is 0 Å². The van der Waals surface area contributed by atoms with Crippen molar-refractivity contribution in [1.82, 2.24) is 0 Å². The molecule has 0 radical (unpaired) electrons. The summed E-state index contributed by atoms with van der Waals surface area (Å²) in [5.41, 5.74) is 0. The Hall–Kier alpha value is 0.579. The van der Waals surface area contributed by atoms with Gasteiger partial charge in [-0.05, 0) is 0 Å². The third kappa shape index (κ3) is 2.01. The first kappa shape index (κ1) is 7.68. The summed E-state index contributed by atoms with van der Waals surface area (Å²) in [4.78, 5) is 0. The van der Waals surface area contributed by atoms with E-state index < -0.39 is 0 Å². The van der Waals surface area contributed by atoms with E-state index in [0.717, 1.165) is 0 Å². The zero-order valence-corrected chi connectivity index (χ0v) is 7.96. The fourth-order valence-electron chi connectivity index (χ4n) is 0.566. The van der Waals surface area contributed by atoms with Gasteiger partial charge in [-0.25, -0.2) is 0 Å². The van der Waals surface area contributed by atoms with E-state index >= 15 is 0 Å². The Morgan fingerprint density at radius 3 is 1.78 bits per heavy atom. The van der Waals surface area contributed by atoms with E-state index in [4.69, 9.17) is 23.2 Å². The normalized spacial score (nSPS) is 10.0. The van der Waals surface area contributed by atoms with Crippen LogP contribution in [0.1, 0.15) is 8.87 Å². The molecule has 0 unspecified atom stereocenters. The van der Waals surface area contributed by atoms with Crippen LogP contribution in [0.25, 0.3) is 0 Å². The van der Waals surface area contributed by atoms with Crippen molar-refractivity contribution in [2.45, 2.75) is 11.8 Å². The SMILES string of the molecule is ClCc1ccc(CCl)[se]1. The molecule has 0 amide bonds. The molecule has 0 aliphatic carbocycles. The zero-order valence-electron chi connectivity index (χ0n) is 4.73. The van der Waals surface area contributed by atoms with Crippen molar-refractivity contribution in [3.8, 4) is 0 Å². The maximum atomic E-state index is 5.60. The van der Waals surface area contributed by atoms with Crippen molar-refractivity contribution in [3.63, 3.8) is 0 Å². The minimum absolute atomic E-state index is 0.462. The monoisotopic (exact) mass is 228 g/mol. The van der Waals surface area contributed by atoms with Crippen LogP contribution in [-0.2, 0) is 11.8 Å². The summed E-state index contributed by atoms with van der Waals surface area (Å²) in [6, 6.07) is 4.15. The van der Waals surface area contributed by atoms with Gasteiger partial charge in [-0.1, -0.05) is 0 Å². The Kier molecular flexibility index (Phi) is 3.14. The van der Waals surface area contributed by atoms with Crippen molar-refractivity contribution in [2.75, 3.05) is 0 Å². The molecule has 0 saturated heterocycles. The van der Waals surface area contributed by atoms with E-state index in [1.165, 1.54) is 8.87 Å². The van der Waals surface area contributed by atoms with Crippen LogP contribution in [0.15, 0.2) is 12.1 Å². The molecular weight excluding hydrogens is 222 g/mol. The average molecular weight is 228 g/mol. The fourth-order valence-corrected chi connectivity index (χ4v) is 2.82. The molecule has 0 fully saturated rings. The molecule has 1 aromatic heterocycles. The van der Waals surface area contributed by atoms with Crippen molar-refractivity contribution in [2.24, 2.45) is 0 Å². The molecule has 9 heavy (non-hydrogen) atoms. The first-order chi connectivity index (χ1) is 4.36. The zero-order chi connectivity index (χ0) is 6.69. The second-order valence-corrected chi connectivity index (χ2v) is 4.80. The number of rotatable bonds is 2. The molecule has 1 heterocycles. The van der Waals surface area contributed by atoms with Crippen LogP contribution >= 0.6 is 23.2 Å². The molecule has 3 heteroatoms. The van der Waals surface area contributed by atoms with Crippen molar-refractivity contribution in [3.05, 3.63) is 21.0 Å².